The maximum absolute atomic E-state index is 10.1. The van der Waals surface area contributed by atoms with Crippen molar-refractivity contribution >= 4 is 0 Å². The number of nitriles is 1. The van der Waals surface area contributed by atoms with Crippen LogP contribution in [-0.4, -0.2) is 21.9 Å². The van der Waals surface area contributed by atoms with Gasteiger partial charge in [-0.15, -0.1) is 0 Å². The Morgan fingerprint density at radius 1 is 1.35 bits per heavy atom. The predicted octanol–water partition coefficient (Wildman–Crippen LogP) is 3.65. The van der Waals surface area contributed by atoms with Gasteiger partial charge < -0.3 is 14.4 Å². The van der Waals surface area contributed by atoms with Crippen molar-refractivity contribution in [2.75, 3.05) is 6.61 Å². The van der Waals surface area contributed by atoms with E-state index in [-0.39, 0.29) is 0 Å². The average molecular weight is 347 g/mol. The molecule has 1 atom stereocenters. The molecule has 1 N–H and O–H groups in total. The summed E-state index contributed by atoms with van der Waals surface area (Å²) in [7, 11) is 0. The van der Waals surface area contributed by atoms with Gasteiger partial charge in [0.1, 0.15) is 11.8 Å². The molecule has 1 unspecified atom stereocenters. The maximum atomic E-state index is 10.1. The van der Waals surface area contributed by atoms with Crippen molar-refractivity contribution in [2.24, 2.45) is 0 Å². The highest BCUT2D eigenvalue weighted by Crippen LogP contribution is 2.37. The van der Waals surface area contributed by atoms with Crippen molar-refractivity contribution < 1.29 is 14.4 Å². The van der Waals surface area contributed by atoms with Gasteiger partial charge in [0.2, 0.25) is 5.82 Å². The number of benzene rings is 2. The molecule has 0 spiro atoms. The third kappa shape index (κ3) is 2.72. The molecule has 2 aromatic carbocycles. The van der Waals surface area contributed by atoms with Crippen LogP contribution in [0.25, 0.3) is 22.8 Å². The summed E-state index contributed by atoms with van der Waals surface area (Å²) in [5.41, 5.74) is 3.96. The van der Waals surface area contributed by atoms with Crippen molar-refractivity contribution in [3.63, 3.8) is 0 Å². The topological polar surface area (TPSA) is 92.2 Å². The molecule has 0 saturated carbocycles. The van der Waals surface area contributed by atoms with Crippen LogP contribution >= 0.6 is 0 Å². The van der Waals surface area contributed by atoms with Crippen molar-refractivity contribution in [3.8, 4) is 34.7 Å². The summed E-state index contributed by atoms with van der Waals surface area (Å²) in [4.78, 5) is 4.49. The van der Waals surface area contributed by atoms with Crippen molar-refractivity contribution in [1.82, 2.24) is 10.1 Å². The van der Waals surface area contributed by atoms with Gasteiger partial charge in [0.05, 0.1) is 18.3 Å². The Balaban J connectivity index is 1.71. The molecule has 0 bridgehead atoms. The van der Waals surface area contributed by atoms with Crippen molar-refractivity contribution in [2.45, 2.75) is 25.9 Å². The predicted molar refractivity (Wildman–Crippen MR) is 94.3 cm³/mol. The van der Waals surface area contributed by atoms with Gasteiger partial charge in [-0.25, -0.2) is 0 Å². The van der Waals surface area contributed by atoms with Crippen LogP contribution in [-0.2, 0) is 6.42 Å². The monoisotopic (exact) mass is 347 g/mol. The van der Waals surface area contributed by atoms with Crippen LogP contribution in [0, 0.1) is 11.3 Å². The smallest absolute Gasteiger partial charge is 0.258 e. The number of rotatable bonds is 4. The molecule has 0 saturated heterocycles. The van der Waals surface area contributed by atoms with E-state index in [0.717, 1.165) is 23.1 Å². The normalized spacial score (nSPS) is 15.5. The Kier molecular flexibility index (Phi) is 4.15. The van der Waals surface area contributed by atoms with Gasteiger partial charge in [-0.05, 0) is 49.1 Å². The first-order valence-corrected chi connectivity index (χ1v) is 8.52. The quantitative estimate of drug-likeness (QED) is 0.774. The van der Waals surface area contributed by atoms with E-state index in [1.54, 1.807) is 18.2 Å². The lowest BCUT2D eigenvalue weighted by atomic mass is 10.0. The molecule has 6 nitrogen and oxygen atoms in total. The van der Waals surface area contributed by atoms with Crippen LogP contribution < -0.4 is 4.74 Å². The van der Waals surface area contributed by atoms with E-state index < -0.39 is 6.10 Å². The minimum absolute atomic E-state index is 0.343. The Morgan fingerprint density at radius 3 is 3.04 bits per heavy atom. The zero-order valence-electron chi connectivity index (χ0n) is 14.3. The van der Waals surface area contributed by atoms with E-state index in [4.69, 9.17) is 9.26 Å². The van der Waals surface area contributed by atoms with E-state index in [2.05, 4.69) is 16.2 Å². The van der Waals surface area contributed by atoms with E-state index in [1.165, 1.54) is 0 Å². The summed E-state index contributed by atoms with van der Waals surface area (Å²) >= 11 is 0. The summed E-state index contributed by atoms with van der Waals surface area (Å²) in [5, 5.41) is 23.5. The molecule has 6 heteroatoms. The van der Waals surface area contributed by atoms with E-state index in [0.29, 0.717) is 41.6 Å². The number of aliphatic hydroxyl groups excluding tert-OH is 1. The Labute approximate surface area is 150 Å². The van der Waals surface area contributed by atoms with Gasteiger partial charge in [0.25, 0.3) is 5.89 Å². The summed E-state index contributed by atoms with van der Waals surface area (Å²) < 4.78 is 10.9. The molecule has 130 valence electrons. The lowest BCUT2D eigenvalue weighted by molar-refractivity contribution is 0.180. The molecule has 0 aliphatic heterocycles. The fourth-order valence-electron chi connectivity index (χ4n) is 3.32. The number of hydrogen-bond acceptors (Lipinski definition) is 6. The number of aliphatic hydroxyl groups is 1. The maximum Gasteiger partial charge on any atom is 0.258 e. The zero-order chi connectivity index (χ0) is 18.1. The highest BCUT2D eigenvalue weighted by Gasteiger charge is 2.25. The van der Waals surface area contributed by atoms with Gasteiger partial charge in [0, 0.05) is 11.1 Å². The lowest BCUT2D eigenvalue weighted by Crippen LogP contribution is -1.94. The second-order valence-corrected chi connectivity index (χ2v) is 6.11. The van der Waals surface area contributed by atoms with E-state index in [9.17, 15) is 10.4 Å². The highest BCUT2D eigenvalue weighted by molar-refractivity contribution is 5.67. The molecular weight excluding hydrogens is 330 g/mol. The standard InChI is InChI=1S/C20H17N3O3/c1-2-25-18-9-6-12(10-13(18)11-21)20-22-19(23-26-20)16-5-3-4-15-14(16)7-8-17(15)24/h3-6,9-10,17,24H,2,7-8H2,1H3. The van der Waals surface area contributed by atoms with Crippen molar-refractivity contribution in [1.29, 1.82) is 5.26 Å². The fourth-order valence-corrected chi connectivity index (χ4v) is 3.32. The third-order valence-corrected chi connectivity index (χ3v) is 4.55. The molecule has 26 heavy (non-hydrogen) atoms. The average Bonchev–Trinajstić information content (AvgIpc) is 3.30. The van der Waals surface area contributed by atoms with Gasteiger partial charge in [-0.2, -0.15) is 10.2 Å². The summed E-state index contributed by atoms with van der Waals surface area (Å²) in [6.45, 7) is 2.36. The van der Waals surface area contributed by atoms with Crippen LogP contribution in [0.5, 0.6) is 5.75 Å². The van der Waals surface area contributed by atoms with Crippen LogP contribution in [0.15, 0.2) is 40.9 Å². The largest absolute Gasteiger partial charge is 0.492 e. The first kappa shape index (κ1) is 16.3. The number of aromatic nitrogens is 2. The van der Waals surface area contributed by atoms with E-state index >= 15 is 0 Å². The molecule has 0 radical (unpaired) electrons. The minimum atomic E-state index is -0.430. The molecule has 0 fully saturated rings. The Morgan fingerprint density at radius 2 is 2.23 bits per heavy atom. The first-order chi connectivity index (χ1) is 12.7. The summed E-state index contributed by atoms with van der Waals surface area (Å²) in [6, 6.07) is 13.1. The van der Waals surface area contributed by atoms with Crippen LogP contribution in [0.1, 0.15) is 36.1 Å². The number of hydrogen-bond donors (Lipinski definition) is 1. The van der Waals surface area contributed by atoms with Gasteiger partial charge in [0.15, 0.2) is 0 Å². The summed E-state index contributed by atoms with van der Waals surface area (Å²) in [5.74, 6) is 1.36. The molecular formula is C20H17N3O3. The molecule has 4 rings (SSSR count). The summed E-state index contributed by atoms with van der Waals surface area (Å²) in [6.07, 6.45) is 1.07. The van der Waals surface area contributed by atoms with E-state index in [1.807, 2.05) is 25.1 Å². The molecule has 3 aromatic rings. The van der Waals surface area contributed by atoms with Crippen LogP contribution in [0.4, 0.5) is 0 Å². The number of ether oxygens (including phenoxy) is 1. The third-order valence-electron chi connectivity index (χ3n) is 4.55. The van der Waals surface area contributed by atoms with Gasteiger partial charge >= 0.3 is 0 Å². The van der Waals surface area contributed by atoms with Crippen LogP contribution in [0.2, 0.25) is 0 Å². The molecule has 0 amide bonds. The minimum Gasteiger partial charge on any atom is -0.492 e. The molecule has 1 heterocycles. The fraction of sp³-hybridized carbons (Fsp3) is 0.250. The Bertz CT molecular complexity index is 1000. The molecule has 1 aromatic heterocycles. The molecule has 1 aliphatic carbocycles. The second-order valence-electron chi connectivity index (χ2n) is 6.11. The number of fused-ring (bicyclic) bond motifs is 1. The second kappa shape index (κ2) is 6.62. The Hall–Kier alpha value is -3.17. The zero-order valence-corrected chi connectivity index (χ0v) is 14.3. The first-order valence-electron chi connectivity index (χ1n) is 8.52. The van der Waals surface area contributed by atoms with Crippen LogP contribution in [0.3, 0.4) is 0 Å². The lowest BCUT2D eigenvalue weighted by Gasteiger charge is -2.06. The van der Waals surface area contributed by atoms with Gasteiger partial charge in [-0.3, -0.25) is 0 Å². The molecule has 1 aliphatic rings. The van der Waals surface area contributed by atoms with Crippen molar-refractivity contribution in [3.05, 3.63) is 53.1 Å². The van der Waals surface area contributed by atoms with Gasteiger partial charge in [-0.1, -0.05) is 23.4 Å². The number of nitrogens with zero attached hydrogens (tertiary/aromatic N) is 3. The highest BCUT2D eigenvalue weighted by atomic mass is 16.5. The SMILES string of the molecule is CCOc1ccc(-c2nc(-c3cccc4c3CCC4O)no2)cc1C#N.